The third-order valence-electron chi connectivity index (χ3n) is 4.33. The number of rotatable bonds is 4. The van der Waals surface area contributed by atoms with Gasteiger partial charge in [0.05, 0.1) is 11.2 Å². The van der Waals surface area contributed by atoms with Crippen molar-refractivity contribution < 1.29 is 9.84 Å². The first-order valence-corrected chi connectivity index (χ1v) is 6.46. The van der Waals surface area contributed by atoms with E-state index in [0.29, 0.717) is 12.1 Å². The van der Waals surface area contributed by atoms with Gasteiger partial charge in [-0.25, -0.2) is 0 Å². The van der Waals surface area contributed by atoms with E-state index >= 15 is 0 Å². The monoisotopic (exact) mass is 227 g/mol. The second-order valence-electron chi connectivity index (χ2n) is 6.23. The number of aliphatic hydroxyl groups is 1. The Morgan fingerprint density at radius 1 is 1.31 bits per heavy atom. The average molecular weight is 227 g/mol. The molecule has 2 aliphatic rings. The maximum atomic E-state index is 10.6. The van der Waals surface area contributed by atoms with Crippen molar-refractivity contribution in [2.24, 2.45) is 0 Å². The van der Waals surface area contributed by atoms with Crippen LogP contribution in [0.1, 0.15) is 52.4 Å². The summed E-state index contributed by atoms with van der Waals surface area (Å²) in [6.07, 6.45) is 6.11. The highest BCUT2D eigenvalue weighted by molar-refractivity contribution is 5.00. The van der Waals surface area contributed by atoms with Crippen LogP contribution in [0, 0.1) is 0 Å². The molecular formula is C13H25NO2. The van der Waals surface area contributed by atoms with E-state index in [1.165, 1.54) is 12.8 Å². The van der Waals surface area contributed by atoms with Crippen molar-refractivity contribution in [3.63, 3.8) is 0 Å². The lowest BCUT2D eigenvalue weighted by Crippen LogP contribution is -2.49. The van der Waals surface area contributed by atoms with E-state index in [1.54, 1.807) is 7.11 Å². The van der Waals surface area contributed by atoms with Gasteiger partial charge in [-0.2, -0.15) is 0 Å². The van der Waals surface area contributed by atoms with Gasteiger partial charge in [0.1, 0.15) is 0 Å². The van der Waals surface area contributed by atoms with Crippen molar-refractivity contribution in [3.8, 4) is 0 Å². The Balaban J connectivity index is 1.89. The van der Waals surface area contributed by atoms with E-state index < -0.39 is 5.60 Å². The van der Waals surface area contributed by atoms with Gasteiger partial charge in [0.25, 0.3) is 0 Å². The zero-order valence-electron chi connectivity index (χ0n) is 10.8. The predicted octanol–water partition coefficient (Wildman–Crippen LogP) is 1.84. The van der Waals surface area contributed by atoms with Gasteiger partial charge in [0.2, 0.25) is 0 Å². The molecule has 2 atom stereocenters. The van der Waals surface area contributed by atoms with Crippen LogP contribution in [0.25, 0.3) is 0 Å². The standard InChI is InChI=1S/C13H25NO2/c1-12(2,16-3)6-7-13(15)8-10-4-5-11(9-13)14-10/h10-11,14-15H,4-9H2,1-3H3. The molecule has 2 fully saturated rings. The van der Waals surface area contributed by atoms with Crippen LogP contribution in [-0.2, 0) is 4.74 Å². The van der Waals surface area contributed by atoms with Gasteiger partial charge in [-0.05, 0) is 52.4 Å². The molecule has 2 heterocycles. The second kappa shape index (κ2) is 4.28. The molecule has 16 heavy (non-hydrogen) atoms. The lowest BCUT2D eigenvalue weighted by Gasteiger charge is -2.39. The van der Waals surface area contributed by atoms with Gasteiger partial charge in [0.15, 0.2) is 0 Å². The molecule has 2 unspecified atom stereocenters. The SMILES string of the molecule is COC(C)(C)CCC1(O)CC2CCC(C1)N2. The van der Waals surface area contributed by atoms with Crippen molar-refractivity contribution >= 4 is 0 Å². The molecule has 0 aromatic carbocycles. The van der Waals surface area contributed by atoms with E-state index in [2.05, 4.69) is 19.2 Å². The quantitative estimate of drug-likeness (QED) is 0.770. The number of hydrogen-bond acceptors (Lipinski definition) is 3. The normalized spacial score (nSPS) is 39.0. The van der Waals surface area contributed by atoms with E-state index in [9.17, 15) is 5.11 Å². The molecule has 2 aliphatic heterocycles. The van der Waals surface area contributed by atoms with E-state index in [4.69, 9.17) is 4.74 Å². The summed E-state index contributed by atoms with van der Waals surface area (Å²) in [5.41, 5.74) is -0.563. The van der Waals surface area contributed by atoms with Gasteiger partial charge in [-0.3, -0.25) is 0 Å². The van der Waals surface area contributed by atoms with Crippen molar-refractivity contribution in [2.45, 2.75) is 75.7 Å². The number of nitrogens with one attached hydrogen (secondary N) is 1. The molecule has 0 aromatic heterocycles. The molecule has 0 amide bonds. The molecule has 0 radical (unpaired) electrons. The van der Waals surface area contributed by atoms with Crippen molar-refractivity contribution in [1.82, 2.24) is 5.32 Å². The van der Waals surface area contributed by atoms with Crippen molar-refractivity contribution in [3.05, 3.63) is 0 Å². The molecule has 94 valence electrons. The van der Waals surface area contributed by atoms with E-state index in [-0.39, 0.29) is 5.60 Å². The van der Waals surface area contributed by atoms with Crippen LogP contribution in [0.3, 0.4) is 0 Å². The zero-order valence-corrected chi connectivity index (χ0v) is 10.8. The first-order chi connectivity index (χ1) is 7.42. The number of ether oxygens (including phenoxy) is 1. The fraction of sp³-hybridized carbons (Fsp3) is 1.00. The Labute approximate surface area is 98.6 Å². The molecular weight excluding hydrogens is 202 g/mol. The third-order valence-corrected chi connectivity index (χ3v) is 4.33. The van der Waals surface area contributed by atoms with Crippen LogP contribution in [0.5, 0.6) is 0 Å². The number of fused-ring (bicyclic) bond motifs is 2. The van der Waals surface area contributed by atoms with Gasteiger partial charge < -0.3 is 15.2 Å². The van der Waals surface area contributed by atoms with Crippen LogP contribution in [0.15, 0.2) is 0 Å². The van der Waals surface area contributed by atoms with Crippen molar-refractivity contribution in [1.29, 1.82) is 0 Å². The minimum absolute atomic E-state index is 0.111. The van der Waals surface area contributed by atoms with Crippen LogP contribution in [-0.4, -0.2) is 35.5 Å². The Kier molecular flexibility index (Phi) is 3.30. The Bertz CT molecular complexity index is 240. The topological polar surface area (TPSA) is 41.5 Å². The summed E-state index contributed by atoms with van der Waals surface area (Å²) in [5, 5.41) is 14.2. The van der Waals surface area contributed by atoms with Gasteiger partial charge in [-0.1, -0.05) is 0 Å². The number of piperidine rings is 1. The van der Waals surface area contributed by atoms with Crippen LogP contribution in [0.2, 0.25) is 0 Å². The fourth-order valence-corrected chi connectivity index (χ4v) is 3.06. The highest BCUT2D eigenvalue weighted by Gasteiger charge is 2.42. The summed E-state index contributed by atoms with van der Waals surface area (Å²) >= 11 is 0. The van der Waals surface area contributed by atoms with Gasteiger partial charge in [-0.15, -0.1) is 0 Å². The Morgan fingerprint density at radius 3 is 2.38 bits per heavy atom. The molecule has 0 aromatic rings. The molecule has 2 saturated heterocycles. The summed E-state index contributed by atoms with van der Waals surface area (Å²) < 4.78 is 5.42. The predicted molar refractivity (Wildman–Crippen MR) is 64.5 cm³/mol. The molecule has 0 saturated carbocycles. The highest BCUT2D eigenvalue weighted by Crippen LogP contribution is 2.37. The van der Waals surface area contributed by atoms with Crippen molar-refractivity contribution in [2.75, 3.05) is 7.11 Å². The largest absolute Gasteiger partial charge is 0.390 e. The maximum absolute atomic E-state index is 10.6. The fourth-order valence-electron chi connectivity index (χ4n) is 3.06. The maximum Gasteiger partial charge on any atom is 0.0678 e. The third kappa shape index (κ3) is 2.76. The van der Waals surface area contributed by atoms with E-state index in [1.807, 2.05) is 0 Å². The average Bonchev–Trinajstić information content (AvgIpc) is 2.57. The Morgan fingerprint density at radius 2 is 1.88 bits per heavy atom. The molecule has 2 rings (SSSR count). The summed E-state index contributed by atoms with van der Waals surface area (Å²) in [7, 11) is 1.75. The molecule has 2 bridgehead atoms. The first kappa shape index (κ1) is 12.3. The zero-order chi connectivity index (χ0) is 11.8. The van der Waals surface area contributed by atoms with Gasteiger partial charge in [0, 0.05) is 19.2 Å². The summed E-state index contributed by atoms with van der Waals surface area (Å²) in [5.74, 6) is 0. The molecule has 2 N–H and O–H groups in total. The second-order valence-corrected chi connectivity index (χ2v) is 6.23. The van der Waals surface area contributed by atoms with E-state index in [0.717, 1.165) is 25.7 Å². The summed E-state index contributed by atoms with van der Waals surface area (Å²) in [6, 6.07) is 1.10. The van der Waals surface area contributed by atoms with Crippen LogP contribution < -0.4 is 5.32 Å². The lowest BCUT2D eigenvalue weighted by molar-refractivity contribution is -0.0480. The lowest BCUT2D eigenvalue weighted by atomic mass is 9.81. The number of methoxy groups -OCH3 is 1. The van der Waals surface area contributed by atoms with Crippen LogP contribution >= 0.6 is 0 Å². The number of hydrogen-bond donors (Lipinski definition) is 2. The molecule has 3 heteroatoms. The van der Waals surface area contributed by atoms with Crippen LogP contribution in [0.4, 0.5) is 0 Å². The first-order valence-electron chi connectivity index (χ1n) is 6.46. The minimum Gasteiger partial charge on any atom is -0.390 e. The molecule has 0 spiro atoms. The van der Waals surface area contributed by atoms with Gasteiger partial charge >= 0.3 is 0 Å². The molecule has 3 nitrogen and oxygen atoms in total. The highest BCUT2D eigenvalue weighted by atomic mass is 16.5. The molecule has 0 aliphatic carbocycles. The smallest absolute Gasteiger partial charge is 0.0678 e. The summed E-state index contributed by atoms with van der Waals surface area (Å²) in [6.45, 7) is 4.18. The Hall–Kier alpha value is -0.120. The minimum atomic E-state index is -0.452. The summed E-state index contributed by atoms with van der Waals surface area (Å²) in [4.78, 5) is 0.